The first-order valence-corrected chi connectivity index (χ1v) is 10.6. The number of hydrogen-bond acceptors (Lipinski definition) is 5. The predicted molar refractivity (Wildman–Crippen MR) is 108 cm³/mol. The first-order chi connectivity index (χ1) is 13.1. The van der Waals surface area contributed by atoms with E-state index in [9.17, 15) is 5.26 Å². The van der Waals surface area contributed by atoms with E-state index in [1.807, 2.05) is 0 Å². The molecule has 2 atom stereocenters. The molecule has 0 amide bonds. The number of nitriles is 1. The fraction of sp³-hybridized carbons (Fsp3) is 0.810. The van der Waals surface area contributed by atoms with Gasteiger partial charge in [0.05, 0.1) is 12.6 Å². The average Bonchev–Trinajstić information content (AvgIpc) is 3.37. The molecule has 3 heterocycles. The molecule has 3 aliphatic heterocycles. The van der Waals surface area contributed by atoms with Gasteiger partial charge in [-0.15, -0.1) is 0 Å². The van der Waals surface area contributed by atoms with Crippen LogP contribution in [-0.4, -0.2) is 84.0 Å². The second-order valence-electron chi connectivity index (χ2n) is 8.28. The molecule has 6 nitrogen and oxygen atoms in total. The van der Waals surface area contributed by atoms with Gasteiger partial charge in [0.1, 0.15) is 5.82 Å². The zero-order chi connectivity index (χ0) is 19.2. The van der Waals surface area contributed by atoms with E-state index in [1.165, 1.54) is 38.8 Å². The van der Waals surface area contributed by atoms with Gasteiger partial charge in [0.2, 0.25) is 0 Å². The van der Waals surface area contributed by atoms with Gasteiger partial charge in [-0.25, -0.2) is 10.1 Å². The molecule has 0 bridgehead atoms. The molecule has 0 aliphatic carbocycles. The van der Waals surface area contributed by atoms with Gasteiger partial charge < -0.3 is 14.7 Å². The van der Waals surface area contributed by atoms with Crippen LogP contribution >= 0.6 is 0 Å². The maximum absolute atomic E-state index is 9.48. The molecule has 3 fully saturated rings. The minimum atomic E-state index is 0.261. The second-order valence-corrected chi connectivity index (χ2v) is 8.28. The third kappa shape index (κ3) is 4.75. The van der Waals surface area contributed by atoms with Crippen molar-refractivity contribution in [2.45, 2.75) is 58.0 Å². The first-order valence-electron chi connectivity index (χ1n) is 10.6. The molecule has 0 unspecified atom stereocenters. The molecule has 0 radical (unpaired) electrons. The van der Waals surface area contributed by atoms with E-state index >= 15 is 0 Å². The predicted octanol–water partition coefficient (Wildman–Crippen LogP) is 2.57. The number of nitrogens with zero attached hydrogens (tertiary/aromatic N) is 6. The third-order valence-corrected chi connectivity index (χ3v) is 6.58. The smallest absolute Gasteiger partial charge is 0.300 e. The Morgan fingerprint density at radius 2 is 1.56 bits per heavy atom. The van der Waals surface area contributed by atoms with Crippen molar-refractivity contribution in [2.75, 3.05) is 52.4 Å². The van der Waals surface area contributed by atoms with E-state index in [2.05, 4.69) is 44.4 Å². The molecular weight excluding hydrogens is 336 g/mol. The number of likely N-dealkylation sites (tertiary alicyclic amines) is 2. The molecule has 3 rings (SSSR count). The summed E-state index contributed by atoms with van der Waals surface area (Å²) in [5, 5.41) is 9.48. The van der Waals surface area contributed by atoms with Gasteiger partial charge in [0, 0.05) is 51.4 Å². The first kappa shape index (κ1) is 20.0. The molecule has 148 valence electrons. The maximum atomic E-state index is 9.48. The van der Waals surface area contributed by atoms with E-state index in [0.717, 1.165) is 51.5 Å². The summed E-state index contributed by atoms with van der Waals surface area (Å²) < 4.78 is 0. The van der Waals surface area contributed by atoms with E-state index in [1.54, 1.807) is 0 Å². The van der Waals surface area contributed by atoms with Gasteiger partial charge in [-0.3, -0.25) is 4.90 Å². The lowest BCUT2D eigenvalue weighted by Gasteiger charge is -2.29. The molecule has 3 aliphatic rings. The standard InChI is InChI=1S/C21H34N6/c1-18-7-4-9-24(18)11-6-12-26-15-16-27(21(26)20(17-22)23-3)14-13-25-10-5-8-19(25)2/h18-19H,4-16H2,1-2H3/b21-20+/t18-,19-/m1/s1. The maximum Gasteiger partial charge on any atom is 0.300 e. The highest BCUT2D eigenvalue weighted by Crippen LogP contribution is 2.25. The Kier molecular flexibility index (Phi) is 6.99. The molecule has 3 saturated heterocycles. The monoisotopic (exact) mass is 370 g/mol. The van der Waals surface area contributed by atoms with Crippen molar-refractivity contribution in [3.8, 4) is 6.07 Å². The summed E-state index contributed by atoms with van der Waals surface area (Å²) >= 11 is 0. The van der Waals surface area contributed by atoms with Crippen molar-refractivity contribution >= 4 is 0 Å². The van der Waals surface area contributed by atoms with Gasteiger partial charge in [0.25, 0.3) is 0 Å². The van der Waals surface area contributed by atoms with E-state index in [4.69, 9.17) is 6.57 Å². The van der Waals surface area contributed by atoms with Crippen LogP contribution in [0, 0.1) is 17.9 Å². The number of rotatable bonds is 7. The van der Waals surface area contributed by atoms with Crippen molar-refractivity contribution in [3.05, 3.63) is 22.9 Å². The van der Waals surface area contributed by atoms with E-state index < -0.39 is 0 Å². The second kappa shape index (κ2) is 9.44. The lowest BCUT2D eigenvalue weighted by Crippen LogP contribution is -2.36. The van der Waals surface area contributed by atoms with Crippen molar-refractivity contribution < 1.29 is 0 Å². The minimum absolute atomic E-state index is 0.261. The molecule has 0 N–H and O–H groups in total. The third-order valence-electron chi connectivity index (χ3n) is 6.58. The van der Waals surface area contributed by atoms with Crippen molar-refractivity contribution in [3.63, 3.8) is 0 Å². The number of allylic oxidation sites excluding steroid dienone is 1. The fourth-order valence-corrected chi connectivity index (χ4v) is 4.88. The SMILES string of the molecule is [C-]#[N+]/C(C#N)=C1\N(CCCN2CCC[C@H]2C)CCN1CCN1CCC[C@H]1C. The molecule has 0 aromatic heterocycles. The van der Waals surface area contributed by atoms with Gasteiger partial charge in [-0.1, -0.05) is 0 Å². The van der Waals surface area contributed by atoms with Crippen molar-refractivity contribution in [2.24, 2.45) is 0 Å². The largest absolute Gasteiger partial charge is 0.365 e. The van der Waals surface area contributed by atoms with Crippen LogP contribution in [0.5, 0.6) is 0 Å². The summed E-state index contributed by atoms with van der Waals surface area (Å²) in [4.78, 5) is 13.2. The lowest BCUT2D eigenvalue weighted by atomic mass is 10.2. The van der Waals surface area contributed by atoms with E-state index in [-0.39, 0.29) is 5.70 Å². The Bertz CT molecular complexity index is 599. The van der Waals surface area contributed by atoms with Gasteiger partial charge >= 0.3 is 5.70 Å². The number of hydrogen-bond donors (Lipinski definition) is 0. The Labute approximate surface area is 164 Å². The summed E-state index contributed by atoms with van der Waals surface area (Å²) in [6.45, 7) is 20.3. The van der Waals surface area contributed by atoms with Crippen molar-refractivity contribution in [1.29, 1.82) is 5.26 Å². The van der Waals surface area contributed by atoms with E-state index in [0.29, 0.717) is 12.1 Å². The van der Waals surface area contributed by atoms with Crippen LogP contribution < -0.4 is 0 Å². The topological polar surface area (TPSA) is 41.1 Å². The lowest BCUT2D eigenvalue weighted by molar-refractivity contribution is 0.224. The Hall–Kier alpha value is -1.76. The summed E-state index contributed by atoms with van der Waals surface area (Å²) in [6.07, 6.45) is 6.30. The van der Waals surface area contributed by atoms with Gasteiger partial charge in [0.15, 0.2) is 0 Å². The van der Waals surface area contributed by atoms with Gasteiger partial charge in [-0.2, -0.15) is 0 Å². The molecule has 27 heavy (non-hydrogen) atoms. The Morgan fingerprint density at radius 1 is 0.963 bits per heavy atom. The summed E-state index contributed by atoms with van der Waals surface area (Å²) in [5.74, 6) is 0.883. The Morgan fingerprint density at radius 3 is 2.07 bits per heavy atom. The Balaban J connectivity index is 1.58. The average molecular weight is 371 g/mol. The van der Waals surface area contributed by atoms with Crippen molar-refractivity contribution in [1.82, 2.24) is 19.6 Å². The molecule has 0 saturated carbocycles. The quantitative estimate of drug-likeness (QED) is 0.509. The van der Waals surface area contributed by atoms with Crippen LogP contribution in [0.25, 0.3) is 4.85 Å². The van der Waals surface area contributed by atoms with Crippen LogP contribution in [0.3, 0.4) is 0 Å². The highest BCUT2D eigenvalue weighted by Gasteiger charge is 2.30. The van der Waals surface area contributed by atoms with Crippen LogP contribution in [0.15, 0.2) is 11.5 Å². The molecule has 6 heteroatoms. The van der Waals surface area contributed by atoms with Gasteiger partial charge in [-0.05, 0) is 59.0 Å². The molecule has 0 spiro atoms. The normalized spacial score (nSPS) is 28.6. The zero-order valence-electron chi connectivity index (χ0n) is 17.0. The highest BCUT2D eigenvalue weighted by molar-refractivity contribution is 5.33. The van der Waals surface area contributed by atoms with Crippen LogP contribution in [0.2, 0.25) is 0 Å². The van der Waals surface area contributed by atoms with Crippen LogP contribution in [-0.2, 0) is 0 Å². The minimum Gasteiger partial charge on any atom is -0.365 e. The summed E-state index contributed by atoms with van der Waals surface area (Å²) in [5.41, 5.74) is 0.261. The van der Waals surface area contributed by atoms with Crippen LogP contribution in [0.1, 0.15) is 46.0 Å². The molecule has 0 aromatic carbocycles. The summed E-state index contributed by atoms with van der Waals surface area (Å²) in [6, 6.07) is 3.51. The zero-order valence-corrected chi connectivity index (χ0v) is 17.0. The molecule has 0 aromatic rings. The highest BCUT2D eigenvalue weighted by atomic mass is 15.4. The summed E-state index contributed by atoms with van der Waals surface area (Å²) in [7, 11) is 0. The van der Waals surface area contributed by atoms with Crippen LogP contribution in [0.4, 0.5) is 0 Å². The molecular formula is C21H34N6. The fourth-order valence-electron chi connectivity index (χ4n) is 4.88.